The monoisotopic (exact) mass is 302 g/mol. The first-order valence-corrected chi connectivity index (χ1v) is 7.58. The van der Waals surface area contributed by atoms with Crippen LogP contribution < -0.4 is 0 Å². The molecule has 6 heteroatoms. The number of morpholine rings is 1. The molecular formula is C16H22N4O2. The zero-order valence-electron chi connectivity index (χ0n) is 13.6. The number of hydrogen-bond donors (Lipinski definition) is 0. The molecule has 1 amide bonds. The Morgan fingerprint density at radius 2 is 1.95 bits per heavy atom. The molecule has 2 aromatic heterocycles. The van der Waals surface area contributed by atoms with E-state index in [-0.39, 0.29) is 11.3 Å². The predicted octanol–water partition coefficient (Wildman–Crippen LogP) is 1.74. The summed E-state index contributed by atoms with van der Waals surface area (Å²) in [6.45, 7) is 8.75. The highest BCUT2D eigenvalue weighted by Gasteiger charge is 2.25. The minimum absolute atomic E-state index is 0.0363. The summed E-state index contributed by atoms with van der Waals surface area (Å²) < 4.78 is 7.06. The molecule has 0 radical (unpaired) electrons. The first kappa shape index (κ1) is 15.0. The predicted molar refractivity (Wildman–Crippen MR) is 83.9 cm³/mol. The zero-order valence-corrected chi connectivity index (χ0v) is 13.6. The number of carbonyl (C=O) groups excluding carboxylic acids is 1. The van der Waals surface area contributed by atoms with Gasteiger partial charge in [-0.25, -0.2) is 4.98 Å². The van der Waals surface area contributed by atoms with Gasteiger partial charge in [-0.2, -0.15) is 5.10 Å². The smallest absolute Gasteiger partial charge is 0.254 e. The quantitative estimate of drug-likeness (QED) is 0.805. The Balaban J connectivity index is 2.12. The van der Waals surface area contributed by atoms with Crippen molar-refractivity contribution in [3.05, 3.63) is 23.5 Å². The summed E-state index contributed by atoms with van der Waals surface area (Å²) in [5.41, 5.74) is 2.22. The normalized spacial score (nSPS) is 16.3. The highest BCUT2D eigenvalue weighted by Crippen LogP contribution is 2.27. The Labute approximate surface area is 130 Å². The van der Waals surface area contributed by atoms with Crippen LogP contribution in [0, 0.1) is 0 Å². The highest BCUT2D eigenvalue weighted by atomic mass is 16.5. The molecule has 1 aliphatic heterocycles. The van der Waals surface area contributed by atoms with Crippen molar-refractivity contribution in [1.29, 1.82) is 0 Å². The van der Waals surface area contributed by atoms with Crippen LogP contribution in [0.4, 0.5) is 0 Å². The molecule has 0 N–H and O–H groups in total. The van der Waals surface area contributed by atoms with Crippen molar-refractivity contribution in [3.8, 4) is 0 Å². The van der Waals surface area contributed by atoms with Gasteiger partial charge in [0.2, 0.25) is 0 Å². The van der Waals surface area contributed by atoms with Gasteiger partial charge in [0.15, 0.2) is 5.65 Å². The zero-order chi connectivity index (χ0) is 15.9. The number of fused-ring (bicyclic) bond motifs is 1. The summed E-state index contributed by atoms with van der Waals surface area (Å²) >= 11 is 0. The number of nitrogens with zero attached hydrogens (tertiary/aromatic N) is 4. The van der Waals surface area contributed by atoms with E-state index in [0.29, 0.717) is 31.9 Å². The van der Waals surface area contributed by atoms with Gasteiger partial charge in [0, 0.05) is 31.2 Å². The maximum Gasteiger partial charge on any atom is 0.254 e. The van der Waals surface area contributed by atoms with Crippen molar-refractivity contribution in [2.45, 2.75) is 26.2 Å². The molecule has 0 aliphatic carbocycles. The van der Waals surface area contributed by atoms with Crippen LogP contribution in [0.1, 0.15) is 36.8 Å². The number of aryl methyl sites for hydroxylation is 1. The number of hydrogen-bond acceptors (Lipinski definition) is 4. The lowest BCUT2D eigenvalue weighted by Crippen LogP contribution is -2.40. The molecule has 0 atom stereocenters. The summed E-state index contributed by atoms with van der Waals surface area (Å²) in [5, 5.41) is 5.08. The molecule has 1 saturated heterocycles. The second kappa shape index (κ2) is 5.35. The van der Waals surface area contributed by atoms with Gasteiger partial charge in [0.25, 0.3) is 5.91 Å². The summed E-state index contributed by atoms with van der Waals surface area (Å²) in [5.74, 6) is 0.0363. The van der Waals surface area contributed by atoms with E-state index in [1.165, 1.54) is 0 Å². The van der Waals surface area contributed by atoms with Crippen molar-refractivity contribution in [2.75, 3.05) is 26.3 Å². The van der Waals surface area contributed by atoms with Gasteiger partial charge in [-0.05, 0) is 6.07 Å². The molecule has 22 heavy (non-hydrogen) atoms. The van der Waals surface area contributed by atoms with E-state index in [1.807, 2.05) is 18.0 Å². The van der Waals surface area contributed by atoms with E-state index < -0.39 is 0 Å². The van der Waals surface area contributed by atoms with E-state index in [4.69, 9.17) is 9.72 Å². The fourth-order valence-electron chi connectivity index (χ4n) is 2.61. The molecule has 0 spiro atoms. The summed E-state index contributed by atoms with van der Waals surface area (Å²) in [7, 11) is 1.85. The SMILES string of the molecule is Cn1ncc2c(C(=O)N3CCOCC3)cc(C(C)(C)C)nc21. The van der Waals surface area contributed by atoms with Crippen LogP contribution in [-0.4, -0.2) is 51.9 Å². The van der Waals surface area contributed by atoms with Crippen molar-refractivity contribution in [2.24, 2.45) is 7.05 Å². The van der Waals surface area contributed by atoms with Gasteiger partial charge >= 0.3 is 0 Å². The third-order valence-electron chi connectivity index (χ3n) is 4.00. The molecule has 3 heterocycles. The van der Waals surface area contributed by atoms with Crippen LogP contribution in [0.5, 0.6) is 0 Å². The molecule has 1 aliphatic rings. The minimum Gasteiger partial charge on any atom is -0.378 e. The van der Waals surface area contributed by atoms with E-state index in [9.17, 15) is 4.79 Å². The Morgan fingerprint density at radius 1 is 1.27 bits per heavy atom. The molecule has 118 valence electrons. The summed E-state index contributed by atoms with van der Waals surface area (Å²) in [6, 6.07) is 1.92. The number of ether oxygens (including phenoxy) is 1. The first-order valence-electron chi connectivity index (χ1n) is 7.58. The van der Waals surface area contributed by atoms with E-state index in [0.717, 1.165) is 16.7 Å². The van der Waals surface area contributed by atoms with Crippen molar-refractivity contribution in [1.82, 2.24) is 19.7 Å². The molecule has 1 fully saturated rings. The number of amides is 1. The lowest BCUT2D eigenvalue weighted by atomic mass is 9.90. The Morgan fingerprint density at radius 3 is 2.59 bits per heavy atom. The lowest BCUT2D eigenvalue weighted by Gasteiger charge is -2.27. The third-order valence-corrected chi connectivity index (χ3v) is 4.00. The maximum atomic E-state index is 12.9. The number of carbonyl (C=O) groups is 1. The average molecular weight is 302 g/mol. The van der Waals surface area contributed by atoms with E-state index in [2.05, 4.69) is 25.9 Å². The molecule has 2 aromatic rings. The molecule has 6 nitrogen and oxygen atoms in total. The number of pyridine rings is 1. The van der Waals surface area contributed by atoms with Crippen molar-refractivity contribution >= 4 is 16.9 Å². The molecule has 0 unspecified atom stereocenters. The largest absolute Gasteiger partial charge is 0.378 e. The second-order valence-corrected chi connectivity index (χ2v) is 6.72. The summed E-state index contributed by atoms with van der Waals surface area (Å²) in [4.78, 5) is 19.5. The van der Waals surface area contributed by atoms with E-state index in [1.54, 1.807) is 10.9 Å². The maximum absolute atomic E-state index is 12.9. The fraction of sp³-hybridized carbons (Fsp3) is 0.562. The Kier molecular flexibility index (Phi) is 3.64. The van der Waals surface area contributed by atoms with Crippen molar-refractivity contribution < 1.29 is 9.53 Å². The van der Waals surface area contributed by atoms with Crippen LogP contribution >= 0.6 is 0 Å². The lowest BCUT2D eigenvalue weighted by molar-refractivity contribution is 0.0304. The standard InChI is InChI=1S/C16H22N4O2/c1-16(2,3)13-9-11(12-10-17-19(4)14(12)18-13)15(21)20-5-7-22-8-6-20/h9-10H,5-8H2,1-4H3. The fourth-order valence-corrected chi connectivity index (χ4v) is 2.61. The van der Waals surface area contributed by atoms with Crippen LogP contribution in [0.2, 0.25) is 0 Å². The first-order chi connectivity index (χ1) is 10.4. The molecule has 0 bridgehead atoms. The molecule has 0 aromatic carbocycles. The van der Waals surface area contributed by atoms with Crippen LogP contribution in [0.15, 0.2) is 12.3 Å². The van der Waals surface area contributed by atoms with Crippen LogP contribution in [-0.2, 0) is 17.2 Å². The Hall–Kier alpha value is -1.95. The minimum atomic E-state index is -0.126. The average Bonchev–Trinajstić information content (AvgIpc) is 2.87. The number of aromatic nitrogens is 3. The van der Waals surface area contributed by atoms with Crippen molar-refractivity contribution in [3.63, 3.8) is 0 Å². The number of rotatable bonds is 1. The topological polar surface area (TPSA) is 60.2 Å². The molecular weight excluding hydrogens is 280 g/mol. The molecule has 0 saturated carbocycles. The van der Waals surface area contributed by atoms with Gasteiger partial charge in [-0.1, -0.05) is 20.8 Å². The van der Waals surface area contributed by atoms with Gasteiger partial charge in [-0.15, -0.1) is 0 Å². The Bertz CT molecular complexity index is 709. The van der Waals surface area contributed by atoms with Gasteiger partial charge < -0.3 is 9.64 Å². The highest BCUT2D eigenvalue weighted by molar-refractivity contribution is 6.05. The van der Waals surface area contributed by atoms with Crippen LogP contribution in [0.25, 0.3) is 11.0 Å². The second-order valence-electron chi connectivity index (χ2n) is 6.72. The van der Waals surface area contributed by atoms with Gasteiger partial charge in [0.05, 0.1) is 30.4 Å². The van der Waals surface area contributed by atoms with E-state index >= 15 is 0 Å². The van der Waals surface area contributed by atoms with Gasteiger partial charge in [-0.3, -0.25) is 9.48 Å². The van der Waals surface area contributed by atoms with Crippen LogP contribution in [0.3, 0.4) is 0 Å². The molecule has 3 rings (SSSR count). The van der Waals surface area contributed by atoms with Gasteiger partial charge in [0.1, 0.15) is 0 Å². The summed E-state index contributed by atoms with van der Waals surface area (Å²) in [6.07, 6.45) is 1.72. The third kappa shape index (κ3) is 2.59.